The van der Waals surface area contributed by atoms with Crippen molar-refractivity contribution in [1.29, 1.82) is 0 Å². The number of halogens is 1. The van der Waals surface area contributed by atoms with Crippen LogP contribution in [0.25, 0.3) is 0 Å². The number of carbonyl (C=O) groups excluding carboxylic acids is 1. The van der Waals surface area contributed by atoms with Crippen LogP contribution in [0.5, 0.6) is 0 Å². The molecular formula is C17H19BrN2O5S2. The molecule has 2 aromatic rings. The third-order valence-electron chi connectivity index (χ3n) is 3.62. The first-order valence-corrected chi connectivity index (χ1v) is 12.1. The Morgan fingerprint density at radius 3 is 2.33 bits per heavy atom. The minimum Gasteiger partial charge on any atom is -0.355 e. The van der Waals surface area contributed by atoms with Crippen LogP contribution in [0, 0.1) is 0 Å². The molecule has 0 heterocycles. The summed E-state index contributed by atoms with van der Waals surface area (Å²) < 4.78 is 50.5. The number of amides is 1. The van der Waals surface area contributed by atoms with E-state index in [1.807, 2.05) is 30.3 Å². The number of carbonyl (C=O) groups is 1. The SMILES string of the molecule is CS(=O)(=O)c1ccc(Br)c(S(=O)(=O)NCC(=O)NCCc2ccccc2)c1. The molecule has 0 atom stereocenters. The highest BCUT2D eigenvalue weighted by molar-refractivity contribution is 9.10. The number of hydrogen-bond donors (Lipinski definition) is 2. The molecule has 0 radical (unpaired) electrons. The molecule has 146 valence electrons. The molecule has 0 saturated carbocycles. The minimum absolute atomic E-state index is 0.126. The van der Waals surface area contributed by atoms with Gasteiger partial charge in [-0.3, -0.25) is 4.79 Å². The van der Waals surface area contributed by atoms with Crippen molar-refractivity contribution in [3.63, 3.8) is 0 Å². The largest absolute Gasteiger partial charge is 0.355 e. The fraction of sp³-hybridized carbons (Fsp3) is 0.235. The number of sulfonamides is 1. The highest BCUT2D eigenvalue weighted by atomic mass is 79.9. The molecule has 0 aliphatic carbocycles. The number of hydrogen-bond acceptors (Lipinski definition) is 5. The van der Waals surface area contributed by atoms with Crippen molar-refractivity contribution in [2.45, 2.75) is 16.2 Å². The van der Waals surface area contributed by atoms with Crippen LogP contribution in [-0.2, 0) is 31.1 Å². The zero-order valence-electron chi connectivity index (χ0n) is 14.5. The normalized spacial score (nSPS) is 11.9. The van der Waals surface area contributed by atoms with E-state index in [0.717, 1.165) is 17.9 Å². The Morgan fingerprint density at radius 1 is 1.04 bits per heavy atom. The lowest BCUT2D eigenvalue weighted by atomic mass is 10.1. The third kappa shape index (κ3) is 6.42. The van der Waals surface area contributed by atoms with E-state index in [2.05, 4.69) is 26.0 Å². The van der Waals surface area contributed by atoms with Crippen molar-refractivity contribution < 1.29 is 21.6 Å². The summed E-state index contributed by atoms with van der Waals surface area (Å²) in [6.45, 7) is -0.0789. The molecule has 7 nitrogen and oxygen atoms in total. The van der Waals surface area contributed by atoms with E-state index in [0.29, 0.717) is 13.0 Å². The molecule has 0 spiro atoms. The van der Waals surface area contributed by atoms with Crippen LogP contribution in [0.1, 0.15) is 5.56 Å². The van der Waals surface area contributed by atoms with Crippen molar-refractivity contribution in [3.8, 4) is 0 Å². The lowest BCUT2D eigenvalue weighted by Gasteiger charge is -2.10. The van der Waals surface area contributed by atoms with Gasteiger partial charge in [0.2, 0.25) is 15.9 Å². The Balaban J connectivity index is 1.97. The Morgan fingerprint density at radius 2 is 1.70 bits per heavy atom. The second-order valence-corrected chi connectivity index (χ2v) is 10.4. The molecule has 0 aromatic heterocycles. The molecule has 2 rings (SSSR count). The molecule has 27 heavy (non-hydrogen) atoms. The van der Waals surface area contributed by atoms with Crippen LogP contribution in [0.15, 0.2) is 62.8 Å². The quantitative estimate of drug-likeness (QED) is 0.602. The lowest BCUT2D eigenvalue weighted by molar-refractivity contribution is -0.119. The van der Waals surface area contributed by atoms with Gasteiger partial charge in [-0.25, -0.2) is 21.6 Å². The number of sulfone groups is 1. The van der Waals surface area contributed by atoms with Gasteiger partial charge in [-0.05, 0) is 46.1 Å². The van der Waals surface area contributed by atoms with E-state index in [9.17, 15) is 21.6 Å². The molecule has 2 N–H and O–H groups in total. The maximum absolute atomic E-state index is 12.4. The molecule has 2 aromatic carbocycles. The molecule has 0 unspecified atom stereocenters. The molecule has 0 bridgehead atoms. The van der Waals surface area contributed by atoms with Gasteiger partial charge in [-0.2, -0.15) is 0 Å². The number of benzene rings is 2. The zero-order chi connectivity index (χ0) is 20.1. The van der Waals surface area contributed by atoms with Gasteiger partial charge in [-0.1, -0.05) is 30.3 Å². The van der Waals surface area contributed by atoms with E-state index >= 15 is 0 Å². The zero-order valence-corrected chi connectivity index (χ0v) is 17.7. The van der Waals surface area contributed by atoms with Gasteiger partial charge in [0, 0.05) is 17.3 Å². The molecule has 0 saturated heterocycles. The van der Waals surface area contributed by atoms with Gasteiger partial charge in [-0.15, -0.1) is 0 Å². The fourth-order valence-electron chi connectivity index (χ4n) is 2.21. The monoisotopic (exact) mass is 474 g/mol. The first kappa shape index (κ1) is 21.5. The van der Waals surface area contributed by atoms with Gasteiger partial charge < -0.3 is 5.32 Å². The number of rotatable bonds is 8. The topological polar surface area (TPSA) is 109 Å². The summed E-state index contributed by atoms with van der Waals surface area (Å²) in [6, 6.07) is 13.2. The third-order valence-corrected chi connectivity index (χ3v) is 7.13. The van der Waals surface area contributed by atoms with E-state index in [-0.39, 0.29) is 14.3 Å². The molecule has 10 heteroatoms. The predicted molar refractivity (Wildman–Crippen MR) is 106 cm³/mol. The maximum atomic E-state index is 12.4. The predicted octanol–water partition coefficient (Wildman–Crippen LogP) is 1.49. The summed E-state index contributed by atoms with van der Waals surface area (Å²) in [5.74, 6) is -0.482. The van der Waals surface area contributed by atoms with Gasteiger partial charge in [0.05, 0.1) is 16.3 Å². The highest BCUT2D eigenvalue weighted by Gasteiger charge is 2.21. The van der Waals surface area contributed by atoms with Crippen molar-refractivity contribution in [2.75, 3.05) is 19.3 Å². The Bertz CT molecular complexity index is 1020. The second kappa shape index (κ2) is 8.96. The minimum atomic E-state index is -4.07. The standard InChI is InChI=1S/C17H19BrN2O5S2/c1-26(22,23)14-7-8-15(18)16(11-14)27(24,25)20-12-17(21)19-10-9-13-5-3-2-4-6-13/h2-8,11,20H,9-10,12H2,1H3,(H,19,21). The summed E-state index contributed by atoms with van der Waals surface area (Å²) >= 11 is 3.09. The highest BCUT2D eigenvalue weighted by Crippen LogP contribution is 2.25. The average Bonchev–Trinajstić information content (AvgIpc) is 2.60. The Hall–Kier alpha value is -1.75. The van der Waals surface area contributed by atoms with Crippen LogP contribution >= 0.6 is 15.9 Å². The van der Waals surface area contributed by atoms with Crippen LogP contribution in [0.4, 0.5) is 0 Å². The van der Waals surface area contributed by atoms with Crippen LogP contribution in [0.2, 0.25) is 0 Å². The van der Waals surface area contributed by atoms with Gasteiger partial charge >= 0.3 is 0 Å². The van der Waals surface area contributed by atoms with Crippen LogP contribution in [0.3, 0.4) is 0 Å². The van der Waals surface area contributed by atoms with Gasteiger partial charge in [0.1, 0.15) is 0 Å². The van der Waals surface area contributed by atoms with Crippen LogP contribution in [-0.4, -0.2) is 42.1 Å². The van der Waals surface area contributed by atoms with Crippen molar-refractivity contribution in [1.82, 2.24) is 10.0 Å². The van der Waals surface area contributed by atoms with Gasteiger partial charge in [0.15, 0.2) is 9.84 Å². The summed E-state index contributed by atoms with van der Waals surface area (Å²) in [7, 11) is -7.63. The van der Waals surface area contributed by atoms with Crippen LogP contribution < -0.4 is 10.0 Å². The summed E-state index contributed by atoms with van der Waals surface area (Å²) in [4.78, 5) is 11.5. The van der Waals surface area contributed by atoms with E-state index in [4.69, 9.17) is 0 Å². The second-order valence-electron chi connectivity index (χ2n) is 5.77. The van der Waals surface area contributed by atoms with E-state index < -0.39 is 32.3 Å². The summed E-state index contributed by atoms with van der Waals surface area (Å²) in [5, 5.41) is 2.63. The summed E-state index contributed by atoms with van der Waals surface area (Å²) in [6.07, 6.45) is 1.61. The smallest absolute Gasteiger partial charge is 0.242 e. The van der Waals surface area contributed by atoms with Crippen molar-refractivity contribution in [3.05, 3.63) is 58.6 Å². The molecule has 1 amide bonds. The van der Waals surface area contributed by atoms with Gasteiger partial charge in [0.25, 0.3) is 0 Å². The van der Waals surface area contributed by atoms with E-state index in [1.165, 1.54) is 12.1 Å². The van der Waals surface area contributed by atoms with E-state index in [1.54, 1.807) is 0 Å². The molecular weight excluding hydrogens is 456 g/mol. The lowest BCUT2D eigenvalue weighted by Crippen LogP contribution is -2.37. The van der Waals surface area contributed by atoms with Crippen molar-refractivity contribution >= 4 is 41.7 Å². The summed E-state index contributed by atoms with van der Waals surface area (Å²) in [5.41, 5.74) is 1.06. The first-order chi connectivity index (χ1) is 12.6. The molecule has 0 aliphatic heterocycles. The molecule has 0 fully saturated rings. The Kier molecular flexibility index (Phi) is 7.15. The van der Waals surface area contributed by atoms with Crippen molar-refractivity contribution in [2.24, 2.45) is 0 Å². The Labute approximate surface area is 167 Å². The first-order valence-electron chi connectivity index (χ1n) is 7.89. The maximum Gasteiger partial charge on any atom is 0.242 e. The fourth-order valence-corrected chi connectivity index (χ4v) is 4.90. The average molecular weight is 475 g/mol. The molecule has 0 aliphatic rings. The number of nitrogens with one attached hydrogen (secondary N) is 2.